The number of nitrogens with zero attached hydrogens (tertiary/aromatic N) is 3. The van der Waals surface area contributed by atoms with Crippen LogP contribution in [0.4, 0.5) is 15.8 Å². The first kappa shape index (κ1) is 28.6. The number of hydrogen-bond donors (Lipinski definition) is 1. The Hall–Kier alpha value is -3.97. The maximum atomic E-state index is 13.7. The SMILES string of the molecule is CCN(CC)CC#Cc1cc2nccc(Oc3ccc(N(C(=O)C4(C(N)=O)CC4)c4ccc(F)cc4)cc3Cl)c2s1. The molecule has 5 rings (SSSR count). The molecule has 1 saturated carbocycles. The molecule has 1 aliphatic rings. The zero-order chi connectivity index (χ0) is 29.1. The Morgan fingerprint density at radius 3 is 2.41 bits per heavy atom. The zero-order valence-corrected chi connectivity index (χ0v) is 24.2. The van der Waals surface area contributed by atoms with E-state index in [9.17, 15) is 14.0 Å². The highest BCUT2D eigenvalue weighted by molar-refractivity contribution is 7.19. The summed E-state index contributed by atoms with van der Waals surface area (Å²) in [7, 11) is 0. The molecule has 0 radical (unpaired) electrons. The van der Waals surface area contributed by atoms with Gasteiger partial charge in [0.05, 0.1) is 32.3 Å². The molecule has 2 aromatic heterocycles. The largest absolute Gasteiger partial charge is 0.454 e. The third kappa shape index (κ3) is 5.91. The summed E-state index contributed by atoms with van der Waals surface area (Å²) in [6, 6.07) is 14.0. The topological polar surface area (TPSA) is 88.8 Å². The molecular weight excluding hydrogens is 563 g/mol. The van der Waals surface area contributed by atoms with Gasteiger partial charge in [-0.15, -0.1) is 11.3 Å². The first-order chi connectivity index (χ1) is 19.8. The number of carbonyl (C=O) groups is 2. The molecule has 7 nitrogen and oxygen atoms in total. The second-order valence-electron chi connectivity index (χ2n) is 9.68. The number of nitrogens with two attached hydrogens (primary N) is 1. The predicted octanol–water partition coefficient (Wildman–Crippen LogP) is 6.50. The molecule has 210 valence electrons. The molecule has 1 aliphatic carbocycles. The smallest absolute Gasteiger partial charge is 0.247 e. The summed E-state index contributed by atoms with van der Waals surface area (Å²) in [5.74, 6) is 5.77. The van der Waals surface area contributed by atoms with Crippen molar-refractivity contribution in [1.29, 1.82) is 0 Å². The highest BCUT2D eigenvalue weighted by atomic mass is 35.5. The lowest BCUT2D eigenvalue weighted by Crippen LogP contribution is -2.41. The maximum Gasteiger partial charge on any atom is 0.247 e. The van der Waals surface area contributed by atoms with E-state index in [0.29, 0.717) is 42.3 Å². The Labute approximate surface area is 246 Å². The van der Waals surface area contributed by atoms with Crippen molar-refractivity contribution in [2.45, 2.75) is 26.7 Å². The Kier molecular flexibility index (Phi) is 8.27. The van der Waals surface area contributed by atoms with Crippen LogP contribution in [0.5, 0.6) is 11.5 Å². The van der Waals surface area contributed by atoms with Gasteiger partial charge >= 0.3 is 0 Å². The lowest BCUT2D eigenvalue weighted by molar-refractivity contribution is -0.133. The van der Waals surface area contributed by atoms with Crippen molar-refractivity contribution in [1.82, 2.24) is 9.88 Å². The molecule has 2 amide bonds. The van der Waals surface area contributed by atoms with Crippen LogP contribution < -0.4 is 15.4 Å². The second kappa shape index (κ2) is 11.9. The standard InChI is InChI=1S/C31H28ClFN4O3S/c1-3-36(4-2)17-5-6-23-19-25-28(41-23)27(13-16-35-25)40-26-12-11-22(18-24(26)32)37(21-9-7-20(33)8-10-21)30(39)31(14-15-31)29(34)38/h7-13,16,18-19H,3-4,14-15,17H2,1-2H3,(H2,34,38). The number of amides is 2. The van der Waals surface area contributed by atoms with E-state index in [4.69, 9.17) is 22.1 Å². The summed E-state index contributed by atoms with van der Waals surface area (Å²) < 4.78 is 20.7. The average molecular weight is 591 g/mol. The third-order valence-electron chi connectivity index (χ3n) is 7.10. The van der Waals surface area contributed by atoms with Crippen LogP contribution in [0.3, 0.4) is 0 Å². The number of fused-ring (bicyclic) bond motifs is 1. The summed E-state index contributed by atoms with van der Waals surface area (Å²) in [5, 5.41) is 0.243. The second-order valence-corrected chi connectivity index (χ2v) is 11.1. The number of pyridine rings is 1. The molecule has 0 bridgehead atoms. The molecule has 2 N–H and O–H groups in total. The van der Waals surface area contributed by atoms with Crippen LogP contribution in [0.1, 0.15) is 31.6 Å². The minimum Gasteiger partial charge on any atom is -0.454 e. The van der Waals surface area contributed by atoms with Gasteiger partial charge in [0, 0.05) is 18.0 Å². The molecule has 0 aliphatic heterocycles. The van der Waals surface area contributed by atoms with E-state index in [1.165, 1.54) is 40.5 Å². The predicted molar refractivity (Wildman–Crippen MR) is 160 cm³/mol. The number of carbonyl (C=O) groups excluding carboxylic acids is 2. The minimum absolute atomic E-state index is 0.243. The fraction of sp³-hybridized carbons (Fsp3) is 0.258. The normalized spacial score (nSPS) is 13.5. The number of benzene rings is 2. The van der Waals surface area contributed by atoms with Crippen LogP contribution >= 0.6 is 22.9 Å². The minimum atomic E-state index is -1.29. The summed E-state index contributed by atoms with van der Waals surface area (Å²) >= 11 is 8.15. The lowest BCUT2D eigenvalue weighted by atomic mass is 10.0. The highest BCUT2D eigenvalue weighted by Gasteiger charge is 2.57. The van der Waals surface area contributed by atoms with Gasteiger partial charge in [0.2, 0.25) is 11.8 Å². The fourth-order valence-corrected chi connectivity index (χ4v) is 5.60. The van der Waals surface area contributed by atoms with Crippen LogP contribution in [0.2, 0.25) is 5.02 Å². The molecule has 0 spiro atoms. The van der Waals surface area contributed by atoms with Crippen molar-refractivity contribution >= 4 is 56.3 Å². The molecule has 1 fully saturated rings. The van der Waals surface area contributed by atoms with Crippen molar-refractivity contribution in [3.63, 3.8) is 0 Å². The maximum absolute atomic E-state index is 13.7. The van der Waals surface area contributed by atoms with E-state index in [0.717, 1.165) is 28.2 Å². The number of aromatic nitrogens is 1. The van der Waals surface area contributed by atoms with Crippen LogP contribution in [-0.4, -0.2) is 41.3 Å². The summed E-state index contributed by atoms with van der Waals surface area (Å²) in [4.78, 5) is 34.6. The fourth-order valence-electron chi connectivity index (χ4n) is 4.45. The van der Waals surface area contributed by atoms with E-state index >= 15 is 0 Å². The molecule has 10 heteroatoms. The Balaban J connectivity index is 1.44. The van der Waals surface area contributed by atoms with Crippen molar-refractivity contribution in [3.05, 3.63) is 76.5 Å². The highest BCUT2D eigenvalue weighted by Crippen LogP contribution is 2.49. The first-order valence-electron chi connectivity index (χ1n) is 13.2. The number of hydrogen-bond acceptors (Lipinski definition) is 6. The summed E-state index contributed by atoms with van der Waals surface area (Å²) in [6.07, 6.45) is 2.37. The van der Waals surface area contributed by atoms with Gasteiger partial charge in [-0.1, -0.05) is 37.3 Å². The Morgan fingerprint density at radius 1 is 1.07 bits per heavy atom. The van der Waals surface area contributed by atoms with Gasteiger partial charge in [-0.05, 0) is 74.5 Å². The Morgan fingerprint density at radius 2 is 1.78 bits per heavy atom. The van der Waals surface area contributed by atoms with Crippen LogP contribution in [0, 0.1) is 23.1 Å². The third-order valence-corrected chi connectivity index (χ3v) is 8.45. The van der Waals surface area contributed by atoms with E-state index in [-0.39, 0.29) is 5.02 Å². The van der Waals surface area contributed by atoms with Gasteiger partial charge in [-0.3, -0.25) is 24.4 Å². The molecule has 2 heterocycles. The van der Waals surface area contributed by atoms with Gasteiger partial charge in [0.25, 0.3) is 0 Å². The van der Waals surface area contributed by atoms with Gasteiger partial charge in [0.1, 0.15) is 22.7 Å². The van der Waals surface area contributed by atoms with E-state index in [1.54, 1.807) is 30.5 Å². The summed E-state index contributed by atoms with van der Waals surface area (Å²) in [6.45, 7) is 6.80. The van der Waals surface area contributed by atoms with E-state index < -0.39 is 23.0 Å². The van der Waals surface area contributed by atoms with Crippen molar-refractivity contribution < 1.29 is 18.7 Å². The number of primary amides is 1. The quantitative estimate of drug-likeness (QED) is 0.177. The first-order valence-corrected chi connectivity index (χ1v) is 14.4. The molecule has 0 unspecified atom stereocenters. The van der Waals surface area contributed by atoms with Crippen LogP contribution in [0.25, 0.3) is 10.2 Å². The molecule has 0 atom stereocenters. The monoisotopic (exact) mass is 590 g/mol. The van der Waals surface area contributed by atoms with Gasteiger partial charge < -0.3 is 10.5 Å². The zero-order valence-electron chi connectivity index (χ0n) is 22.6. The van der Waals surface area contributed by atoms with Crippen molar-refractivity contribution in [2.24, 2.45) is 11.1 Å². The van der Waals surface area contributed by atoms with Crippen molar-refractivity contribution in [3.8, 4) is 23.3 Å². The molecular formula is C31H28ClFN4O3S. The van der Waals surface area contributed by atoms with E-state index in [2.05, 4.69) is 35.6 Å². The molecule has 41 heavy (non-hydrogen) atoms. The number of rotatable bonds is 9. The average Bonchev–Trinajstić information content (AvgIpc) is 3.68. The number of ether oxygens (including phenoxy) is 1. The molecule has 4 aromatic rings. The van der Waals surface area contributed by atoms with E-state index in [1.807, 2.05) is 6.07 Å². The van der Waals surface area contributed by atoms with Gasteiger partial charge in [0.15, 0.2) is 0 Å². The van der Waals surface area contributed by atoms with Crippen LogP contribution in [-0.2, 0) is 9.59 Å². The number of anilines is 2. The van der Waals surface area contributed by atoms with Crippen LogP contribution in [0.15, 0.2) is 60.8 Å². The molecule has 0 saturated heterocycles. The number of halogens is 2. The lowest BCUT2D eigenvalue weighted by Gasteiger charge is -2.27. The number of thiophene rings is 1. The summed E-state index contributed by atoms with van der Waals surface area (Å²) in [5.41, 5.74) is 5.85. The van der Waals surface area contributed by atoms with Crippen molar-refractivity contribution in [2.75, 3.05) is 24.5 Å². The molecule has 2 aromatic carbocycles. The van der Waals surface area contributed by atoms with Gasteiger partial charge in [-0.25, -0.2) is 4.39 Å². The Bertz CT molecular complexity index is 1670. The van der Waals surface area contributed by atoms with Gasteiger partial charge in [-0.2, -0.15) is 0 Å².